The first-order valence-electron chi connectivity index (χ1n) is 4.72. The highest BCUT2D eigenvalue weighted by molar-refractivity contribution is 9.10. The zero-order valence-electron chi connectivity index (χ0n) is 8.07. The Bertz CT molecular complexity index is 343. The van der Waals surface area contributed by atoms with Crippen LogP contribution in [-0.4, -0.2) is 29.3 Å². The van der Waals surface area contributed by atoms with E-state index in [0.717, 1.165) is 23.3 Å². The fourth-order valence-corrected chi connectivity index (χ4v) is 1.86. The van der Waals surface area contributed by atoms with Crippen LogP contribution in [0.5, 0.6) is 0 Å². The zero-order valence-corrected chi connectivity index (χ0v) is 9.66. The highest BCUT2D eigenvalue weighted by Crippen LogP contribution is 2.22. The number of nitrogens with zero attached hydrogens (tertiary/aromatic N) is 2. The Morgan fingerprint density at radius 1 is 1.64 bits per heavy atom. The summed E-state index contributed by atoms with van der Waals surface area (Å²) in [5.74, 6) is 0.960. The first-order chi connectivity index (χ1) is 6.66. The summed E-state index contributed by atoms with van der Waals surface area (Å²) >= 11 is 3.42. The molecule has 0 amide bonds. The van der Waals surface area contributed by atoms with E-state index >= 15 is 0 Å². The molecule has 4 heteroatoms. The highest BCUT2D eigenvalue weighted by atomic mass is 79.9. The van der Waals surface area contributed by atoms with Gasteiger partial charge in [0.25, 0.3) is 0 Å². The summed E-state index contributed by atoms with van der Waals surface area (Å²) < 4.78 is 1.03. The molecule has 2 heterocycles. The quantitative estimate of drug-likeness (QED) is 0.832. The van der Waals surface area contributed by atoms with Crippen molar-refractivity contribution < 1.29 is 5.11 Å². The van der Waals surface area contributed by atoms with Crippen molar-refractivity contribution in [2.45, 2.75) is 19.4 Å². The van der Waals surface area contributed by atoms with Gasteiger partial charge in [-0.15, -0.1) is 0 Å². The maximum atomic E-state index is 9.41. The lowest BCUT2D eigenvalue weighted by atomic mass is 10.3. The van der Waals surface area contributed by atoms with Gasteiger partial charge >= 0.3 is 0 Å². The molecule has 3 nitrogen and oxygen atoms in total. The molecular weight excluding hydrogens is 244 g/mol. The average Bonchev–Trinajstić information content (AvgIpc) is 2.57. The summed E-state index contributed by atoms with van der Waals surface area (Å²) in [4.78, 5) is 6.44. The molecule has 0 aliphatic carbocycles. The molecule has 0 unspecified atom stereocenters. The summed E-state index contributed by atoms with van der Waals surface area (Å²) in [6, 6.07) is 2.04. The molecule has 0 spiro atoms. The SMILES string of the molecule is Cc1cc(N2CC[C@H](O)C2)ncc1Br. The second kappa shape index (κ2) is 3.87. The Morgan fingerprint density at radius 2 is 2.43 bits per heavy atom. The van der Waals surface area contributed by atoms with Crippen LogP contribution in [0.25, 0.3) is 0 Å². The minimum absolute atomic E-state index is 0.194. The molecule has 0 saturated carbocycles. The minimum atomic E-state index is -0.194. The van der Waals surface area contributed by atoms with Crippen LogP contribution in [0.1, 0.15) is 12.0 Å². The molecule has 0 radical (unpaired) electrons. The molecule has 1 aliphatic heterocycles. The Balaban J connectivity index is 2.20. The van der Waals surface area contributed by atoms with Crippen molar-refractivity contribution in [3.63, 3.8) is 0 Å². The molecular formula is C10H13BrN2O. The van der Waals surface area contributed by atoms with Crippen molar-refractivity contribution in [3.05, 3.63) is 22.3 Å². The van der Waals surface area contributed by atoms with Gasteiger partial charge in [-0.3, -0.25) is 0 Å². The monoisotopic (exact) mass is 256 g/mol. The van der Waals surface area contributed by atoms with E-state index in [4.69, 9.17) is 0 Å². The van der Waals surface area contributed by atoms with Gasteiger partial charge in [-0.2, -0.15) is 0 Å². The maximum Gasteiger partial charge on any atom is 0.128 e. The topological polar surface area (TPSA) is 36.4 Å². The molecule has 1 aromatic rings. The lowest BCUT2D eigenvalue weighted by Gasteiger charge is -2.17. The van der Waals surface area contributed by atoms with Crippen molar-refractivity contribution in [2.75, 3.05) is 18.0 Å². The number of aryl methyl sites for hydroxylation is 1. The third kappa shape index (κ3) is 1.91. The third-order valence-corrected chi connectivity index (χ3v) is 3.35. The number of halogens is 1. The van der Waals surface area contributed by atoms with Gasteiger partial charge in [-0.25, -0.2) is 4.98 Å². The van der Waals surface area contributed by atoms with Crippen LogP contribution >= 0.6 is 15.9 Å². The number of β-amino-alcohol motifs (C(OH)–C–C–N with tert-alkyl or cyclic N) is 1. The predicted molar refractivity (Wildman–Crippen MR) is 59.5 cm³/mol. The Hall–Kier alpha value is -0.610. The van der Waals surface area contributed by atoms with Gasteiger partial charge in [0.15, 0.2) is 0 Å². The van der Waals surface area contributed by atoms with Gasteiger partial charge in [-0.05, 0) is 40.9 Å². The van der Waals surface area contributed by atoms with Crippen LogP contribution in [0, 0.1) is 6.92 Å². The molecule has 14 heavy (non-hydrogen) atoms. The third-order valence-electron chi connectivity index (χ3n) is 2.52. The number of anilines is 1. The van der Waals surface area contributed by atoms with Crippen molar-refractivity contribution in [1.82, 2.24) is 4.98 Å². The lowest BCUT2D eigenvalue weighted by molar-refractivity contribution is 0.198. The van der Waals surface area contributed by atoms with E-state index < -0.39 is 0 Å². The van der Waals surface area contributed by atoms with Gasteiger partial charge < -0.3 is 10.0 Å². The number of pyridine rings is 1. The molecule has 1 aliphatic rings. The molecule has 1 N–H and O–H groups in total. The summed E-state index contributed by atoms with van der Waals surface area (Å²) in [5.41, 5.74) is 1.18. The van der Waals surface area contributed by atoms with Crippen LogP contribution in [0.2, 0.25) is 0 Å². The van der Waals surface area contributed by atoms with E-state index in [0.29, 0.717) is 6.54 Å². The van der Waals surface area contributed by atoms with Crippen molar-refractivity contribution >= 4 is 21.7 Å². The maximum absolute atomic E-state index is 9.41. The average molecular weight is 257 g/mol. The molecule has 0 aromatic carbocycles. The van der Waals surface area contributed by atoms with E-state index in [2.05, 4.69) is 25.8 Å². The van der Waals surface area contributed by atoms with Gasteiger partial charge in [0.1, 0.15) is 5.82 Å². The number of hydrogen-bond acceptors (Lipinski definition) is 3. The predicted octanol–water partition coefficient (Wildman–Crippen LogP) is 1.72. The van der Waals surface area contributed by atoms with Gasteiger partial charge in [0.2, 0.25) is 0 Å². The van der Waals surface area contributed by atoms with Gasteiger partial charge in [0.05, 0.1) is 6.10 Å². The summed E-state index contributed by atoms with van der Waals surface area (Å²) in [5, 5.41) is 9.41. The molecule has 1 saturated heterocycles. The van der Waals surface area contributed by atoms with Crippen LogP contribution in [0.4, 0.5) is 5.82 Å². The van der Waals surface area contributed by atoms with E-state index in [9.17, 15) is 5.11 Å². The molecule has 0 bridgehead atoms. The van der Waals surface area contributed by atoms with Crippen LogP contribution in [0.15, 0.2) is 16.7 Å². The van der Waals surface area contributed by atoms with Crippen LogP contribution < -0.4 is 4.90 Å². The smallest absolute Gasteiger partial charge is 0.128 e. The largest absolute Gasteiger partial charge is 0.391 e. The Labute approximate surface area is 91.9 Å². The van der Waals surface area contributed by atoms with Crippen molar-refractivity contribution in [2.24, 2.45) is 0 Å². The van der Waals surface area contributed by atoms with E-state index in [1.807, 2.05) is 19.2 Å². The number of hydrogen-bond donors (Lipinski definition) is 1. The first kappa shape index (κ1) is 9.93. The Morgan fingerprint density at radius 3 is 3.00 bits per heavy atom. The van der Waals surface area contributed by atoms with Crippen LogP contribution in [0.3, 0.4) is 0 Å². The lowest BCUT2D eigenvalue weighted by Crippen LogP contribution is -2.22. The number of aromatic nitrogens is 1. The normalized spacial score (nSPS) is 21.6. The van der Waals surface area contributed by atoms with Gasteiger partial charge in [0, 0.05) is 23.8 Å². The fraction of sp³-hybridized carbons (Fsp3) is 0.500. The first-order valence-corrected chi connectivity index (χ1v) is 5.51. The van der Waals surface area contributed by atoms with Crippen LogP contribution in [-0.2, 0) is 0 Å². The van der Waals surface area contributed by atoms with E-state index in [-0.39, 0.29) is 6.10 Å². The standard InChI is InChI=1S/C10H13BrN2O/c1-7-4-10(12-5-9(7)11)13-3-2-8(14)6-13/h4-5,8,14H,2-3,6H2,1H3/t8-/m0/s1. The summed E-state index contributed by atoms with van der Waals surface area (Å²) in [6.45, 7) is 3.64. The molecule has 1 aromatic heterocycles. The summed E-state index contributed by atoms with van der Waals surface area (Å²) in [7, 11) is 0. The molecule has 1 atom stereocenters. The second-order valence-electron chi connectivity index (χ2n) is 3.68. The van der Waals surface area contributed by atoms with Crippen molar-refractivity contribution in [1.29, 1.82) is 0 Å². The van der Waals surface area contributed by atoms with E-state index in [1.54, 1.807) is 0 Å². The zero-order chi connectivity index (χ0) is 10.1. The molecule has 1 fully saturated rings. The second-order valence-corrected chi connectivity index (χ2v) is 4.53. The number of aliphatic hydroxyl groups is 1. The highest BCUT2D eigenvalue weighted by Gasteiger charge is 2.21. The van der Waals surface area contributed by atoms with E-state index in [1.165, 1.54) is 5.56 Å². The van der Waals surface area contributed by atoms with Gasteiger partial charge in [-0.1, -0.05) is 0 Å². The number of aliphatic hydroxyl groups excluding tert-OH is 1. The molecule has 2 rings (SSSR count). The summed E-state index contributed by atoms with van der Waals surface area (Å²) in [6.07, 6.45) is 2.47. The molecule has 76 valence electrons. The number of rotatable bonds is 1. The minimum Gasteiger partial charge on any atom is -0.391 e. The Kier molecular flexibility index (Phi) is 2.74. The van der Waals surface area contributed by atoms with Crippen molar-refractivity contribution in [3.8, 4) is 0 Å². The fourth-order valence-electron chi connectivity index (χ4n) is 1.65.